The van der Waals surface area contributed by atoms with Gasteiger partial charge in [0.25, 0.3) is 5.91 Å². The third-order valence-corrected chi connectivity index (χ3v) is 9.06. The highest BCUT2D eigenvalue weighted by molar-refractivity contribution is 6.23. The van der Waals surface area contributed by atoms with Gasteiger partial charge in [-0.1, -0.05) is 30.3 Å². The quantitative estimate of drug-likeness (QED) is 0.378. The molecule has 0 radical (unpaired) electrons. The number of nitrogens with zero attached hydrogens (tertiary/aromatic N) is 6. The van der Waals surface area contributed by atoms with E-state index in [4.69, 9.17) is 9.72 Å². The zero-order valence-corrected chi connectivity index (χ0v) is 25.4. The van der Waals surface area contributed by atoms with Gasteiger partial charge in [-0.3, -0.25) is 14.4 Å². The summed E-state index contributed by atoms with van der Waals surface area (Å²) in [5.74, 6) is 0.944. The molecule has 2 atom stereocenters. The van der Waals surface area contributed by atoms with Crippen LogP contribution in [0, 0.1) is 0 Å². The van der Waals surface area contributed by atoms with Crippen LogP contribution in [-0.2, 0) is 25.7 Å². The zero-order valence-electron chi connectivity index (χ0n) is 25.4. The fraction of sp³-hybridized carbons (Fsp3) is 0.562. The van der Waals surface area contributed by atoms with E-state index < -0.39 is 11.6 Å². The van der Waals surface area contributed by atoms with E-state index in [1.165, 1.54) is 4.90 Å². The average molecular weight is 577 g/mol. The highest BCUT2D eigenvalue weighted by atomic mass is 16.5. The third kappa shape index (κ3) is 5.21. The fourth-order valence-corrected chi connectivity index (χ4v) is 6.73. The van der Waals surface area contributed by atoms with Crippen molar-refractivity contribution in [2.45, 2.75) is 58.8 Å². The summed E-state index contributed by atoms with van der Waals surface area (Å²) in [4.78, 5) is 55.8. The van der Waals surface area contributed by atoms with Gasteiger partial charge in [-0.15, -0.1) is 0 Å². The number of piperazine rings is 1. The summed E-state index contributed by atoms with van der Waals surface area (Å²) in [6, 6.07) is 14.0. The molecule has 5 rings (SSSR count). The molecule has 0 bridgehead atoms. The maximum Gasteiger partial charge on any atom is 0.259 e. The summed E-state index contributed by atoms with van der Waals surface area (Å²) in [7, 11) is 0. The van der Waals surface area contributed by atoms with E-state index in [-0.39, 0.29) is 30.6 Å². The number of aromatic nitrogens is 1. The molecule has 0 aliphatic carbocycles. The number of hydrogen-bond donors (Lipinski definition) is 0. The minimum absolute atomic E-state index is 0.244. The van der Waals surface area contributed by atoms with Crippen LogP contribution in [0.25, 0.3) is 0 Å². The van der Waals surface area contributed by atoms with Gasteiger partial charge in [0, 0.05) is 58.9 Å². The molecule has 10 heteroatoms. The summed E-state index contributed by atoms with van der Waals surface area (Å²) in [5, 5.41) is 0. The number of hydrogen-bond acceptors (Lipinski definition) is 8. The number of ether oxygens (including phenoxy) is 1. The third-order valence-electron chi connectivity index (χ3n) is 9.06. The second-order valence-electron chi connectivity index (χ2n) is 11.1. The van der Waals surface area contributed by atoms with Gasteiger partial charge in [0.1, 0.15) is 5.82 Å². The first-order valence-corrected chi connectivity index (χ1v) is 15.4. The van der Waals surface area contributed by atoms with Crippen LogP contribution >= 0.6 is 0 Å². The molecular formula is C32H44N6O4. The highest BCUT2D eigenvalue weighted by Gasteiger charge is 2.67. The summed E-state index contributed by atoms with van der Waals surface area (Å²) in [6.45, 7) is 14.7. The van der Waals surface area contributed by atoms with Gasteiger partial charge < -0.3 is 29.2 Å². The van der Waals surface area contributed by atoms with E-state index in [2.05, 4.69) is 54.5 Å². The van der Waals surface area contributed by atoms with Crippen LogP contribution in [0.3, 0.4) is 0 Å². The molecule has 0 N–H and O–H groups in total. The van der Waals surface area contributed by atoms with E-state index in [1.54, 1.807) is 4.90 Å². The first-order valence-electron chi connectivity index (χ1n) is 15.4. The number of carbonyl (C=O) groups excluding carboxylic acids is 3. The van der Waals surface area contributed by atoms with Crippen molar-refractivity contribution in [2.75, 3.05) is 73.6 Å². The predicted octanol–water partition coefficient (Wildman–Crippen LogP) is 2.95. The SMILES string of the molecule is CCN(CC)c1ccc(N(CC)CC)c(N2CCN(C(=O)C34C(=O)CC(=O)N3CCC4OCc3ccccc3)CC2)n1. The summed E-state index contributed by atoms with van der Waals surface area (Å²) in [5.41, 5.74) is 0.482. The minimum atomic E-state index is -1.57. The molecular weight excluding hydrogens is 532 g/mol. The average Bonchev–Trinajstić information content (AvgIpc) is 3.53. The maximum atomic E-state index is 14.3. The second kappa shape index (κ2) is 12.7. The molecule has 4 heterocycles. The zero-order chi connectivity index (χ0) is 29.9. The van der Waals surface area contributed by atoms with Gasteiger partial charge in [0.15, 0.2) is 11.6 Å². The van der Waals surface area contributed by atoms with Crippen LogP contribution in [0.2, 0.25) is 0 Å². The Balaban J connectivity index is 1.37. The van der Waals surface area contributed by atoms with Gasteiger partial charge >= 0.3 is 0 Å². The molecule has 2 aromatic rings. The van der Waals surface area contributed by atoms with Crippen molar-refractivity contribution in [3.63, 3.8) is 0 Å². The normalized spacial score (nSPS) is 22.1. The molecule has 0 saturated carbocycles. The highest BCUT2D eigenvalue weighted by Crippen LogP contribution is 2.41. The first kappa shape index (κ1) is 29.8. The van der Waals surface area contributed by atoms with E-state index in [9.17, 15) is 14.4 Å². The molecule has 3 fully saturated rings. The van der Waals surface area contributed by atoms with E-state index in [0.29, 0.717) is 39.1 Å². The number of ketones is 1. The van der Waals surface area contributed by atoms with Crippen LogP contribution < -0.4 is 14.7 Å². The van der Waals surface area contributed by atoms with Crippen molar-refractivity contribution in [1.29, 1.82) is 0 Å². The molecule has 3 aliphatic heterocycles. The monoisotopic (exact) mass is 576 g/mol. The molecule has 3 saturated heterocycles. The maximum absolute atomic E-state index is 14.3. The van der Waals surface area contributed by atoms with Crippen LogP contribution in [-0.4, -0.2) is 103 Å². The Morgan fingerprint density at radius 2 is 1.57 bits per heavy atom. The first-order chi connectivity index (χ1) is 20.4. The van der Waals surface area contributed by atoms with Crippen molar-refractivity contribution < 1.29 is 19.1 Å². The van der Waals surface area contributed by atoms with Crippen LogP contribution in [0.15, 0.2) is 42.5 Å². The Hall–Kier alpha value is -3.66. The van der Waals surface area contributed by atoms with Crippen molar-refractivity contribution >= 4 is 34.9 Å². The van der Waals surface area contributed by atoms with E-state index >= 15 is 0 Å². The number of anilines is 3. The number of pyridine rings is 1. The lowest BCUT2D eigenvalue weighted by Gasteiger charge is -2.42. The van der Waals surface area contributed by atoms with Crippen LogP contribution in [0.4, 0.5) is 17.3 Å². The molecule has 42 heavy (non-hydrogen) atoms. The Kier molecular flexibility index (Phi) is 9.01. The molecule has 1 aromatic carbocycles. The molecule has 1 aromatic heterocycles. The van der Waals surface area contributed by atoms with Crippen molar-refractivity contribution in [3.05, 3.63) is 48.0 Å². The van der Waals surface area contributed by atoms with E-state index in [1.807, 2.05) is 30.3 Å². The molecule has 2 amide bonds. The minimum Gasteiger partial charge on any atom is -0.370 e. The number of rotatable bonds is 11. The van der Waals surface area contributed by atoms with Crippen molar-refractivity contribution in [2.24, 2.45) is 0 Å². The summed E-state index contributed by atoms with van der Waals surface area (Å²) < 4.78 is 6.26. The van der Waals surface area contributed by atoms with Gasteiger partial charge in [0.2, 0.25) is 11.4 Å². The number of amides is 2. The molecule has 3 aliphatic rings. The standard InChI is InChI=1S/C32H44N6O4/c1-5-34(6-2)25-14-15-28(35(7-3)8-4)33-30(25)36-18-20-37(21-19-36)31(41)32-26(39)22-29(40)38(32)17-16-27(32)42-23-24-12-10-9-11-13-24/h9-15,27H,5-8,16-23H2,1-4H3. The Bertz CT molecular complexity index is 1270. The predicted molar refractivity (Wildman–Crippen MR) is 164 cm³/mol. The number of carbonyl (C=O) groups is 3. The van der Waals surface area contributed by atoms with Gasteiger partial charge in [0.05, 0.1) is 24.8 Å². The van der Waals surface area contributed by atoms with Gasteiger partial charge in [-0.2, -0.15) is 0 Å². The second-order valence-corrected chi connectivity index (χ2v) is 11.1. The number of fused-ring (bicyclic) bond motifs is 1. The molecule has 226 valence electrons. The van der Waals surface area contributed by atoms with Crippen molar-refractivity contribution in [1.82, 2.24) is 14.8 Å². The van der Waals surface area contributed by atoms with Crippen molar-refractivity contribution in [3.8, 4) is 0 Å². The Morgan fingerprint density at radius 1 is 0.905 bits per heavy atom. The lowest BCUT2D eigenvalue weighted by Crippen LogP contribution is -2.65. The Labute approximate surface area is 249 Å². The number of benzene rings is 1. The molecule has 2 unspecified atom stereocenters. The van der Waals surface area contributed by atoms with Crippen LogP contribution in [0.1, 0.15) is 46.1 Å². The Morgan fingerprint density at radius 3 is 2.21 bits per heavy atom. The largest absolute Gasteiger partial charge is 0.370 e. The number of Topliss-reactive ketones (excluding diaryl/α,β-unsaturated/α-hetero) is 1. The molecule has 0 spiro atoms. The van der Waals surface area contributed by atoms with Gasteiger partial charge in [-0.05, 0) is 51.8 Å². The topological polar surface area (TPSA) is 89.5 Å². The van der Waals surface area contributed by atoms with Gasteiger partial charge in [-0.25, -0.2) is 4.98 Å². The smallest absolute Gasteiger partial charge is 0.259 e. The summed E-state index contributed by atoms with van der Waals surface area (Å²) >= 11 is 0. The summed E-state index contributed by atoms with van der Waals surface area (Å²) in [6.07, 6.45) is -0.443. The van der Waals surface area contributed by atoms with Crippen LogP contribution in [0.5, 0.6) is 0 Å². The lowest BCUT2D eigenvalue weighted by molar-refractivity contribution is -0.158. The van der Waals surface area contributed by atoms with E-state index in [0.717, 1.165) is 49.1 Å². The lowest BCUT2D eigenvalue weighted by atomic mass is 9.87. The molecule has 10 nitrogen and oxygen atoms in total. The fourth-order valence-electron chi connectivity index (χ4n) is 6.73.